The van der Waals surface area contributed by atoms with Crippen molar-refractivity contribution in [2.75, 3.05) is 33.2 Å². The Kier molecular flexibility index (Phi) is 6.37. The van der Waals surface area contributed by atoms with Gasteiger partial charge in [0.15, 0.2) is 0 Å². The Morgan fingerprint density at radius 3 is 2.42 bits per heavy atom. The SMILES string of the molecule is CN1CCC(NC(=O)[C@@H]2CCCN(S(=O)(=O)c3ccc(Br)cc3)C2)CC1. The number of nitrogens with one attached hydrogen (secondary N) is 1. The maximum Gasteiger partial charge on any atom is 0.243 e. The number of nitrogens with zero attached hydrogens (tertiary/aromatic N) is 2. The molecule has 0 spiro atoms. The number of halogens is 1. The van der Waals surface area contributed by atoms with Crippen molar-refractivity contribution in [2.24, 2.45) is 5.92 Å². The summed E-state index contributed by atoms with van der Waals surface area (Å²) < 4.78 is 28.0. The molecule has 2 aliphatic heterocycles. The van der Waals surface area contributed by atoms with Crippen LogP contribution in [0.4, 0.5) is 0 Å². The molecular weight excluding hydrogens is 418 g/mol. The third kappa shape index (κ3) is 4.65. The summed E-state index contributed by atoms with van der Waals surface area (Å²) in [6, 6.07) is 6.85. The van der Waals surface area contributed by atoms with Crippen LogP contribution in [0, 0.1) is 5.92 Å². The van der Waals surface area contributed by atoms with Gasteiger partial charge in [0.25, 0.3) is 0 Å². The Labute approximate surface area is 164 Å². The number of hydrogen-bond donors (Lipinski definition) is 1. The number of carbonyl (C=O) groups is 1. The highest BCUT2D eigenvalue weighted by Gasteiger charge is 2.34. The first kappa shape index (κ1) is 19.8. The molecule has 2 aliphatic rings. The third-order valence-electron chi connectivity index (χ3n) is 5.27. The van der Waals surface area contributed by atoms with Gasteiger partial charge < -0.3 is 10.2 Å². The minimum Gasteiger partial charge on any atom is -0.353 e. The molecule has 1 aromatic rings. The molecule has 6 nitrogen and oxygen atoms in total. The van der Waals surface area contributed by atoms with Crippen LogP contribution in [-0.4, -0.2) is 62.8 Å². The molecule has 1 atom stereocenters. The molecule has 144 valence electrons. The molecule has 2 saturated heterocycles. The molecule has 8 heteroatoms. The van der Waals surface area contributed by atoms with Crippen LogP contribution in [0.5, 0.6) is 0 Å². The summed E-state index contributed by atoms with van der Waals surface area (Å²) in [5, 5.41) is 3.14. The quantitative estimate of drug-likeness (QED) is 0.772. The molecule has 1 amide bonds. The number of rotatable bonds is 4. The number of likely N-dealkylation sites (tertiary alicyclic amines) is 1. The number of carbonyl (C=O) groups excluding carboxylic acids is 1. The van der Waals surface area contributed by atoms with E-state index in [1.165, 1.54) is 4.31 Å². The van der Waals surface area contributed by atoms with Crippen LogP contribution < -0.4 is 5.32 Å². The van der Waals surface area contributed by atoms with Crippen molar-refractivity contribution in [2.45, 2.75) is 36.6 Å². The van der Waals surface area contributed by atoms with Gasteiger partial charge in [-0.2, -0.15) is 4.31 Å². The van der Waals surface area contributed by atoms with Crippen molar-refractivity contribution in [3.8, 4) is 0 Å². The van der Waals surface area contributed by atoms with Crippen molar-refractivity contribution in [3.63, 3.8) is 0 Å². The molecule has 3 rings (SSSR count). The fraction of sp³-hybridized carbons (Fsp3) is 0.611. The fourth-order valence-electron chi connectivity index (χ4n) is 3.60. The van der Waals surface area contributed by atoms with E-state index in [4.69, 9.17) is 0 Å². The van der Waals surface area contributed by atoms with E-state index >= 15 is 0 Å². The first-order valence-electron chi connectivity index (χ1n) is 9.11. The molecule has 1 aromatic carbocycles. The molecule has 2 heterocycles. The highest BCUT2D eigenvalue weighted by Crippen LogP contribution is 2.25. The molecule has 0 aromatic heterocycles. The Balaban J connectivity index is 1.63. The second-order valence-electron chi connectivity index (χ2n) is 7.24. The van der Waals surface area contributed by atoms with Crippen LogP contribution in [0.1, 0.15) is 25.7 Å². The fourth-order valence-corrected chi connectivity index (χ4v) is 5.39. The Morgan fingerprint density at radius 2 is 1.77 bits per heavy atom. The highest BCUT2D eigenvalue weighted by atomic mass is 79.9. The number of benzene rings is 1. The Morgan fingerprint density at radius 1 is 1.12 bits per heavy atom. The third-order valence-corrected chi connectivity index (χ3v) is 7.68. The first-order chi connectivity index (χ1) is 12.4. The van der Waals surface area contributed by atoms with Gasteiger partial charge in [0, 0.05) is 23.6 Å². The lowest BCUT2D eigenvalue weighted by Gasteiger charge is -2.34. The monoisotopic (exact) mass is 443 g/mol. The van der Waals surface area contributed by atoms with Gasteiger partial charge >= 0.3 is 0 Å². The average molecular weight is 444 g/mol. The van der Waals surface area contributed by atoms with Crippen LogP contribution in [0.2, 0.25) is 0 Å². The lowest BCUT2D eigenvalue weighted by atomic mass is 9.97. The van der Waals surface area contributed by atoms with Crippen molar-refractivity contribution >= 4 is 31.9 Å². The van der Waals surface area contributed by atoms with Crippen LogP contribution in [0.15, 0.2) is 33.6 Å². The number of amides is 1. The van der Waals surface area contributed by atoms with E-state index in [2.05, 4.69) is 33.2 Å². The number of piperidine rings is 2. The summed E-state index contributed by atoms with van der Waals surface area (Å²) in [5.74, 6) is -0.274. The molecule has 2 fully saturated rings. The zero-order valence-corrected chi connectivity index (χ0v) is 17.4. The standard InChI is InChI=1S/C18H26BrN3O3S/c1-21-11-8-16(9-12-21)20-18(23)14-3-2-10-22(13-14)26(24,25)17-6-4-15(19)5-7-17/h4-7,14,16H,2-3,8-13H2,1H3,(H,20,23)/t14-/m1/s1. The molecule has 0 unspecified atom stereocenters. The van der Waals surface area contributed by atoms with E-state index in [0.29, 0.717) is 13.0 Å². The molecule has 0 radical (unpaired) electrons. The second kappa shape index (κ2) is 8.37. The summed E-state index contributed by atoms with van der Waals surface area (Å²) in [6.45, 7) is 2.70. The first-order valence-corrected chi connectivity index (χ1v) is 11.3. The summed E-state index contributed by atoms with van der Waals surface area (Å²) in [7, 11) is -1.47. The van der Waals surface area contributed by atoms with Crippen molar-refractivity contribution < 1.29 is 13.2 Å². The lowest BCUT2D eigenvalue weighted by molar-refractivity contribution is -0.127. The van der Waals surface area contributed by atoms with Gasteiger partial charge in [0.05, 0.1) is 10.8 Å². The maximum absolute atomic E-state index is 12.9. The predicted octanol–water partition coefficient (Wildman–Crippen LogP) is 2.06. The van der Waals surface area contributed by atoms with E-state index in [1.807, 2.05) is 0 Å². The normalized spacial score (nSPS) is 23.7. The summed E-state index contributed by atoms with van der Waals surface area (Å²) in [6.07, 6.45) is 3.36. The van der Waals surface area contributed by atoms with Gasteiger partial charge in [-0.05, 0) is 70.1 Å². The van der Waals surface area contributed by atoms with Crippen molar-refractivity contribution in [1.82, 2.24) is 14.5 Å². The van der Waals surface area contributed by atoms with Crippen molar-refractivity contribution in [1.29, 1.82) is 0 Å². The Bertz CT molecular complexity index is 731. The minimum absolute atomic E-state index is 0.00439. The number of sulfonamides is 1. The highest BCUT2D eigenvalue weighted by molar-refractivity contribution is 9.10. The minimum atomic E-state index is -3.56. The summed E-state index contributed by atoms with van der Waals surface area (Å²) in [4.78, 5) is 15.2. The van der Waals surface area contributed by atoms with E-state index in [1.54, 1.807) is 24.3 Å². The summed E-state index contributed by atoms with van der Waals surface area (Å²) in [5.41, 5.74) is 0. The van der Waals surface area contributed by atoms with Crippen LogP contribution in [0.25, 0.3) is 0 Å². The molecule has 0 bridgehead atoms. The molecule has 0 aliphatic carbocycles. The van der Waals surface area contributed by atoms with E-state index in [0.717, 1.165) is 36.8 Å². The van der Waals surface area contributed by atoms with Gasteiger partial charge in [-0.1, -0.05) is 15.9 Å². The van der Waals surface area contributed by atoms with Crippen LogP contribution in [-0.2, 0) is 14.8 Å². The molecular formula is C18H26BrN3O3S. The van der Waals surface area contributed by atoms with Gasteiger partial charge in [-0.25, -0.2) is 8.42 Å². The zero-order valence-electron chi connectivity index (χ0n) is 15.0. The predicted molar refractivity (Wildman–Crippen MR) is 104 cm³/mol. The van der Waals surface area contributed by atoms with Crippen LogP contribution >= 0.6 is 15.9 Å². The Hall–Kier alpha value is -0.960. The van der Waals surface area contributed by atoms with E-state index in [9.17, 15) is 13.2 Å². The van der Waals surface area contributed by atoms with E-state index in [-0.39, 0.29) is 29.3 Å². The van der Waals surface area contributed by atoms with Gasteiger partial charge in [0.1, 0.15) is 0 Å². The van der Waals surface area contributed by atoms with E-state index < -0.39 is 10.0 Å². The van der Waals surface area contributed by atoms with Gasteiger partial charge in [-0.3, -0.25) is 4.79 Å². The van der Waals surface area contributed by atoms with Crippen LogP contribution in [0.3, 0.4) is 0 Å². The van der Waals surface area contributed by atoms with Gasteiger partial charge in [-0.15, -0.1) is 0 Å². The summed E-state index contributed by atoms with van der Waals surface area (Å²) >= 11 is 3.32. The lowest BCUT2D eigenvalue weighted by Crippen LogP contribution is -2.49. The maximum atomic E-state index is 12.9. The van der Waals surface area contributed by atoms with Gasteiger partial charge in [0.2, 0.25) is 15.9 Å². The van der Waals surface area contributed by atoms with Crippen molar-refractivity contribution in [3.05, 3.63) is 28.7 Å². The second-order valence-corrected chi connectivity index (χ2v) is 10.1. The molecule has 0 saturated carbocycles. The smallest absolute Gasteiger partial charge is 0.243 e. The average Bonchev–Trinajstić information content (AvgIpc) is 2.64. The molecule has 26 heavy (non-hydrogen) atoms. The number of hydrogen-bond acceptors (Lipinski definition) is 4. The molecule has 1 N–H and O–H groups in total. The largest absolute Gasteiger partial charge is 0.353 e. The topological polar surface area (TPSA) is 69.7 Å². The zero-order chi connectivity index (χ0) is 18.7.